The van der Waals surface area contributed by atoms with Crippen LogP contribution in [0, 0.1) is 0 Å². The van der Waals surface area contributed by atoms with Crippen LogP contribution in [0.1, 0.15) is 0 Å². The Bertz CT molecular complexity index is 1820. The van der Waals surface area contributed by atoms with Gasteiger partial charge in [0.1, 0.15) is 152 Å². The van der Waals surface area contributed by atoms with Crippen LogP contribution in [0.3, 0.4) is 0 Å². The van der Waals surface area contributed by atoms with Gasteiger partial charge in [-0.3, -0.25) is 0 Å². The molecule has 6 heterocycles. The molecule has 19 N–H and O–H groups in total. The van der Waals surface area contributed by atoms with E-state index in [0.717, 1.165) is 11.8 Å². The fraction of sp³-hybridized carbons (Fsp3) is 0.857. The number of hydrogen-bond donors (Lipinski definition) is 19. The third kappa shape index (κ3) is 13.3. The molecule has 420 valence electrons. The van der Waals surface area contributed by atoms with Crippen LogP contribution in [0.2, 0.25) is 0 Å². The fourth-order valence-electron chi connectivity index (χ4n) is 8.71. The summed E-state index contributed by atoms with van der Waals surface area (Å²) in [5.41, 5.74) is -1.07. The van der Waals surface area contributed by atoms with Crippen molar-refractivity contribution in [3.63, 3.8) is 0 Å². The predicted molar refractivity (Wildman–Crippen MR) is 229 cm³/mol. The molecule has 0 radical (unpaired) electrons. The number of hydrogen-bond acceptors (Lipinski definition) is 31. The second kappa shape index (κ2) is 25.9. The summed E-state index contributed by atoms with van der Waals surface area (Å²) in [7, 11) is 0. The first-order chi connectivity index (χ1) is 34.6. The van der Waals surface area contributed by atoms with Gasteiger partial charge in [-0.1, -0.05) is 30.0 Å². The minimum Gasteiger partial charge on any atom is -0.394 e. The van der Waals surface area contributed by atoms with Crippen LogP contribution in [0.4, 0.5) is 0 Å². The monoisotopic (exact) mass is 1080 g/mol. The zero-order valence-corrected chi connectivity index (χ0v) is 39.2. The molecule has 1 aromatic carbocycles. The summed E-state index contributed by atoms with van der Waals surface area (Å²) < 4.78 is 61.2. The summed E-state index contributed by atoms with van der Waals surface area (Å²) in [5.74, 6) is 0. The van der Waals surface area contributed by atoms with Crippen LogP contribution in [0.25, 0.3) is 0 Å². The van der Waals surface area contributed by atoms with E-state index in [1.54, 1.807) is 30.3 Å². The Kier molecular flexibility index (Phi) is 20.9. The van der Waals surface area contributed by atoms with Gasteiger partial charge >= 0.3 is 0 Å². The summed E-state index contributed by atoms with van der Waals surface area (Å²) in [6, 6.07) is 8.71. The molecule has 0 spiro atoms. The van der Waals surface area contributed by atoms with Crippen molar-refractivity contribution >= 4 is 11.8 Å². The molecule has 6 fully saturated rings. The average molecular weight is 1080 g/mol. The maximum absolute atomic E-state index is 10.8. The van der Waals surface area contributed by atoms with Gasteiger partial charge in [0.15, 0.2) is 31.5 Å². The smallest absolute Gasteiger partial charge is 0.186 e. The van der Waals surface area contributed by atoms with Crippen molar-refractivity contribution in [1.29, 1.82) is 0 Å². The van der Waals surface area contributed by atoms with Gasteiger partial charge in [-0.05, 0) is 12.1 Å². The summed E-state index contributed by atoms with van der Waals surface area (Å²) >= 11 is 1.06. The first kappa shape index (κ1) is 59.0. The van der Waals surface area contributed by atoms with Gasteiger partial charge < -0.3 is 149 Å². The fourth-order valence-corrected chi connectivity index (χ4v) is 9.79. The Morgan fingerprint density at radius 1 is 0.301 bits per heavy atom. The lowest BCUT2D eigenvalue weighted by Gasteiger charge is -2.45. The molecular formula is C42H66O30S. The number of rotatable bonds is 18. The van der Waals surface area contributed by atoms with E-state index in [9.17, 15) is 97.0 Å². The molecule has 0 bridgehead atoms. The first-order valence-electron chi connectivity index (χ1n) is 23.2. The lowest BCUT2D eigenvalue weighted by Crippen LogP contribution is -2.63. The highest BCUT2D eigenvalue weighted by atomic mass is 32.2. The van der Waals surface area contributed by atoms with Crippen molar-refractivity contribution in [2.45, 2.75) is 188 Å². The normalized spacial score (nSPS) is 49.9. The largest absolute Gasteiger partial charge is 0.394 e. The molecule has 1 aromatic rings. The molecule has 6 aliphatic heterocycles. The van der Waals surface area contributed by atoms with Crippen LogP contribution in [-0.2, 0) is 52.1 Å². The lowest BCUT2D eigenvalue weighted by atomic mass is 9.97. The zero-order valence-electron chi connectivity index (χ0n) is 38.3. The predicted octanol–water partition coefficient (Wildman–Crippen LogP) is -11.3. The van der Waals surface area contributed by atoms with E-state index in [1.807, 2.05) is 0 Å². The molecule has 0 aliphatic carbocycles. The molecule has 30 nitrogen and oxygen atoms in total. The molecule has 30 atom stereocenters. The Balaban J connectivity index is 0.907. The third-order valence-corrected chi connectivity index (χ3v) is 14.5. The summed E-state index contributed by atoms with van der Waals surface area (Å²) in [6.07, 6.45) is -51.2. The number of ether oxygens (including phenoxy) is 11. The van der Waals surface area contributed by atoms with Gasteiger partial charge in [-0.25, -0.2) is 0 Å². The number of aliphatic hydroxyl groups excluding tert-OH is 19. The van der Waals surface area contributed by atoms with Crippen molar-refractivity contribution in [1.82, 2.24) is 0 Å². The van der Waals surface area contributed by atoms with Crippen molar-refractivity contribution in [3.8, 4) is 0 Å². The SMILES string of the molecule is OCC1OC(OCC2OC(OCC3OC(OCC4OC(OCC5OC(OCC6OC(Sc7ccccc7)C(O)C(O)C6O)C(O)C(O)C5O)C(O)C(O)C4O)C(O)C(O)C3O)C(O)C(O)C2O)C(O)C(O)C1O. The van der Waals surface area contributed by atoms with Gasteiger partial charge in [0.05, 0.1) is 39.6 Å². The average Bonchev–Trinajstić information content (AvgIpc) is 3.38. The second-order valence-electron chi connectivity index (χ2n) is 18.4. The van der Waals surface area contributed by atoms with E-state index >= 15 is 0 Å². The number of benzene rings is 1. The topological polar surface area (TPSA) is 486 Å². The molecular weight excluding hydrogens is 1020 g/mol. The lowest BCUT2D eigenvalue weighted by molar-refractivity contribution is -0.351. The van der Waals surface area contributed by atoms with Crippen LogP contribution in [0.5, 0.6) is 0 Å². The molecule has 30 unspecified atom stereocenters. The molecule has 7 rings (SSSR count). The van der Waals surface area contributed by atoms with Gasteiger partial charge in [0.25, 0.3) is 0 Å². The highest BCUT2D eigenvalue weighted by molar-refractivity contribution is 7.99. The summed E-state index contributed by atoms with van der Waals surface area (Å²) in [5, 5.41) is 200. The van der Waals surface area contributed by atoms with Crippen molar-refractivity contribution in [2.75, 3.05) is 39.6 Å². The molecule has 6 saturated heterocycles. The molecule has 0 amide bonds. The Hall–Kier alpha value is -1.63. The van der Waals surface area contributed by atoms with Gasteiger partial charge in [-0.2, -0.15) is 0 Å². The molecule has 31 heteroatoms. The van der Waals surface area contributed by atoms with E-state index in [2.05, 4.69) is 0 Å². The van der Waals surface area contributed by atoms with Crippen molar-refractivity contribution in [2.24, 2.45) is 0 Å². The summed E-state index contributed by atoms with van der Waals surface area (Å²) in [6.45, 7) is -4.34. The Morgan fingerprint density at radius 2 is 0.548 bits per heavy atom. The quantitative estimate of drug-likeness (QED) is 0.0649. The summed E-state index contributed by atoms with van der Waals surface area (Å²) in [4.78, 5) is 0.671. The zero-order chi connectivity index (χ0) is 53.2. The van der Waals surface area contributed by atoms with Gasteiger partial charge in [-0.15, -0.1) is 0 Å². The van der Waals surface area contributed by atoms with E-state index in [-0.39, 0.29) is 0 Å². The Morgan fingerprint density at radius 3 is 0.836 bits per heavy atom. The minimum absolute atomic E-state index is 0.572. The van der Waals surface area contributed by atoms with E-state index < -0.39 is 223 Å². The van der Waals surface area contributed by atoms with Crippen LogP contribution in [-0.4, -0.2) is 320 Å². The molecule has 6 aliphatic rings. The molecule has 0 saturated carbocycles. The van der Waals surface area contributed by atoms with E-state index in [4.69, 9.17) is 52.1 Å². The van der Waals surface area contributed by atoms with Gasteiger partial charge in [0.2, 0.25) is 0 Å². The number of thioether (sulfide) groups is 1. The van der Waals surface area contributed by atoms with E-state index in [1.165, 1.54) is 0 Å². The first-order valence-corrected chi connectivity index (χ1v) is 24.1. The van der Waals surface area contributed by atoms with Crippen molar-refractivity contribution < 1.29 is 149 Å². The maximum Gasteiger partial charge on any atom is 0.186 e. The highest BCUT2D eigenvalue weighted by Gasteiger charge is 2.52. The van der Waals surface area contributed by atoms with Crippen LogP contribution >= 0.6 is 11.8 Å². The molecule has 73 heavy (non-hydrogen) atoms. The second-order valence-corrected chi connectivity index (χ2v) is 19.5. The highest BCUT2D eigenvalue weighted by Crippen LogP contribution is 2.35. The Labute approximate surface area is 418 Å². The van der Waals surface area contributed by atoms with Crippen LogP contribution < -0.4 is 0 Å². The maximum atomic E-state index is 10.8. The van der Waals surface area contributed by atoms with Crippen LogP contribution in [0.15, 0.2) is 35.2 Å². The van der Waals surface area contributed by atoms with Crippen molar-refractivity contribution in [3.05, 3.63) is 30.3 Å². The van der Waals surface area contributed by atoms with Gasteiger partial charge in [0, 0.05) is 4.90 Å². The number of aliphatic hydroxyl groups is 19. The minimum atomic E-state index is -2.00. The van der Waals surface area contributed by atoms with E-state index in [0.29, 0.717) is 4.90 Å². The standard InChI is InChI=1S/C42H66O30S/c43-6-13-19(44)25(50)31(56)37(67-13)62-7-14-20(45)26(51)32(57)38(68-14)63-8-15-21(46)27(52)33(58)39(69-15)64-9-16-22(47)28(53)34(59)40(70-16)65-10-17-23(48)29(54)35(60)41(71-17)66-11-18-24(49)30(55)36(61)42(72-18)73-12-4-2-1-3-5-12/h1-5,13-61H,6-11H2. The molecule has 0 aromatic heterocycles. The third-order valence-electron chi connectivity index (χ3n) is 13.3.